The van der Waals surface area contributed by atoms with Crippen LogP contribution in [0.3, 0.4) is 0 Å². The summed E-state index contributed by atoms with van der Waals surface area (Å²) in [5.74, 6) is -0.151. The molecule has 0 amide bonds. The maximum absolute atomic E-state index is 10.7. The smallest absolute Gasteiger partial charge is 0.303 e. The lowest BCUT2D eigenvalue weighted by atomic mass is 9.76. The number of rotatable bonds is 2. The van der Waals surface area contributed by atoms with E-state index in [2.05, 4.69) is 6.92 Å². The van der Waals surface area contributed by atoms with Crippen LogP contribution < -0.4 is 0 Å². The van der Waals surface area contributed by atoms with E-state index >= 15 is 0 Å². The molecule has 1 heterocycles. The van der Waals surface area contributed by atoms with Crippen LogP contribution in [0.5, 0.6) is 0 Å². The highest BCUT2D eigenvalue weighted by Crippen LogP contribution is 2.38. The molecule has 0 spiro atoms. The third-order valence-corrected chi connectivity index (χ3v) is 3.13. The minimum absolute atomic E-state index is 0.134. The maximum Gasteiger partial charge on any atom is 0.303 e. The molecule has 1 N–H and O–H groups in total. The van der Waals surface area contributed by atoms with Gasteiger partial charge in [0.05, 0.1) is 18.9 Å². The normalized spacial score (nSPS) is 25.8. The molecule has 1 aliphatic rings. The molecule has 3 nitrogen and oxygen atoms in total. The number of aliphatic carboxylic acids is 1. The Bertz CT molecular complexity index is 340. The van der Waals surface area contributed by atoms with Crippen LogP contribution in [0.4, 0.5) is 0 Å². The molecule has 2 atom stereocenters. The summed E-state index contributed by atoms with van der Waals surface area (Å²) in [4.78, 5) is 10.7. The van der Waals surface area contributed by atoms with Crippen molar-refractivity contribution in [2.75, 3.05) is 0 Å². The Morgan fingerprint density at radius 3 is 3.14 bits per heavy atom. The van der Waals surface area contributed by atoms with Gasteiger partial charge in [0.1, 0.15) is 0 Å². The molecule has 0 saturated heterocycles. The van der Waals surface area contributed by atoms with Crippen LogP contribution >= 0.6 is 0 Å². The van der Waals surface area contributed by atoms with E-state index in [0.29, 0.717) is 5.92 Å². The lowest BCUT2D eigenvalue weighted by Crippen LogP contribution is -2.19. The summed E-state index contributed by atoms with van der Waals surface area (Å²) >= 11 is 0. The number of fused-ring (bicyclic) bond motifs is 1. The van der Waals surface area contributed by atoms with Crippen LogP contribution in [0.1, 0.15) is 36.8 Å². The van der Waals surface area contributed by atoms with Gasteiger partial charge in [0.15, 0.2) is 0 Å². The van der Waals surface area contributed by atoms with E-state index in [9.17, 15) is 4.79 Å². The molecule has 14 heavy (non-hydrogen) atoms. The molecule has 0 fully saturated rings. The summed E-state index contributed by atoms with van der Waals surface area (Å²) in [5, 5.41) is 8.82. The van der Waals surface area contributed by atoms with Crippen LogP contribution in [0.15, 0.2) is 16.9 Å². The van der Waals surface area contributed by atoms with E-state index in [1.165, 1.54) is 5.56 Å². The predicted molar refractivity (Wildman–Crippen MR) is 51.2 cm³/mol. The van der Waals surface area contributed by atoms with Gasteiger partial charge in [-0.3, -0.25) is 4.79 Å². The first-order valence-corrected chi connectivity index (χ1v) is 4.95. The second-order valence-corrected chi connectivity index (χ2v) is 4.07. The molecule has 76 valence electrons. The zero-order valence-corrected chi connectivity index (χ0v) is 8.19. The summed E-state index contributed by atoms with van der Waals surface area (Å²) in [7, 11) is 0. The van der Waals surface area contributed by atoms with Crippen LogP contribution in [0.25, 0.3) is 0 Å². The third kappa shape index (κ3) is 1.54. The molecule has 3 heteroatoms. The standard InChI is InChI=1S/C11H14O3/c1-7-2-3-8-5-14-6-10(8)9(7)4-11(12)13/h5-7,9H,2-4H2,1H3,(H,12,13). The van der Waals surface area contributed by atoms with E-state index in [1.54, 1.807) is 12.5 Å². The fourth-order valence-electron chi connectivity index (χ4n) is 2.25. The Hall–Kier alpha value is -1.25. The number of carboxylic acids is 1. The number of carbonyl (C=O) groups is 1. The van der Waals surface area contributed by atoms with Crippen molar-refractivity contribution in [3.05, 3.63) is 23.7 Å². The molecule has 0 aromatic carbocycles. The molecule has 0 saturated carbocycles. The molecule has 0 aliphatic heterocycles. The van der Waals surface area contributed by atoms with Gasteiger partial charge in [-0.15, -0.1) is 0 Å². The van der Waals surface area contributed by atoms with Crippen molar-refractivity contribution in [1.29, 1.82) is 0 Å². The predicted octanol–water partition coefficient (Wildman–Crippen LogP) is 2.42. The number of furan rings is 1. The number of aryl methyl sites for hydroxylation is 1. The first-order valence-electron chi connectivity index (χ1n) is 4.95. The van der Waals surface area contributed by atoms with Crippen LogP contribution in [0, 0.1) is 5.92 Å². The zero-order valence-electron chi connectivity index (χ0n) is 8.19. The van der Waals surface area contributed by atoms with E-state index in [4.69, 9.17) is 9.52 Å². The summed E-state index contributed by atoms with van der Waals surface area (Å²) < 4.78 is 5.13. The number of hydrogen-bond donors (Lipinski definition) is 1. The van der Waals surface area contributed by atoms with E-state index < -0.39 is 5.97 Å². The van der Waals surface area contributed by atoms with Crippen molar-refractivity contribution in [2.45, 2.75) is 32.1 Å². The largest absolute Gasteiger partial charge is 0.481 e. The highest BCUT2D eigenvalue weighted by Gasteiger charge is 2.29. The lowest BCUT2D eigenvalue weighted by Gasteiger charge is -2.27. The lowest BCUT2D eigenvalue weighted by molar-refractivity contribution is -0.137. The van der Waals surface area contributed by atoms with Gasteiger partial charge in [-0.2, -0.15) is 0 Å². The fraction of sp³-hybridized carbons (Fsp3) is 0.545. The van der Waals surface area contributed by atoms with E-state index in [1.807, 2.05) is 0 Å². The van der Waals surface area contributed by atoms with Crippen molar-refractivity contribution in [3.63, 3.8) is 0 Å². The van der Waals surface area contributed by atoms with Crippen molar-refractivity contribution in [1.82, 2.24) is 0 Å². The SMILES string of the molecule is CC1CCc2cocc2C1CC(=O)O. The Labute approximate surface area is 82.7 Å². The third-order valence-electron chi connectivity index (χ3n) is 3.13. The molecular formula is C11H14O3. The minimum Gasteiger partial charge on any atom is -0.481 e. The Kier molecular flexibility index (Phi) is 2.32. The van der Waals surface area contributed by atoms with Gasteiger partial charge in [0.25, 0.3) is 0 Å². The second-order valence-electron chi connectivity index (χ2n) is 4.07. The molecule has 1 aromatic heterocycles. The average Bonchev–Trinajstić information content (AvgIpc) is 2.57. The van der Waals surface area contributed by atoms with Gasteiger partial charge in [-0.1, -0.05) is 6.92 Å². The fourth-order valence-corrected chi connectivity index (χ4v) is 2.25. The van der Waals surface area contributed by atoms with Crippen molar-refractivity contribution in [2.24, 2.45) is 5.92 Å². The molecular weight excluding hydrogens is 180 g/mol. The Balaban J connectivity index is 2.26. The van der Waals surface area contributed by atoms with Crippen molar-refractivity contribution >= 4 is 5.97 Å². The van der Waals surface area contributed by atoms with Gasteiger partial charge in [0.2, 0.25) is 0 Å². The minimum atomic E-state index is -0.726. The van der Waals surface area contributed by atoms with Crippen LogP contribution in [0.2, 0.25) is 0 Å². The van der Waals surface area contributed by atoms with Gasteiger partial charge < -0.3 is 9.52 Å². The van der Waals surface area contributed by atoms with E-state index in [-0.39, 0.29) is 12.3 Å². The highest BCUT2D eigenvalue weighted by molar-refractivity contribution is 5.68. The first-order chi connectivity index (χ1) is 6.68. The number of hydrogen-bond acceptors (Lipinski definition) is 2. The Morgan fingerprint density at radius 1 is 1.64 bits per heavy atom. The number of carboxylic acid groups (broad SMARTS) is 1. The molecule has 0 bridgehead atoms. The second kappa shape index (κ2) is 3.48. The summed E-state index contributed by atoms with van der Waals surface area (Å²) in [6.45, 7) is 2.11. The maximum atomic E-state index is 10.7. The molecule has 1 aliphatic carbocycles. The monoisotopic (exact) mass is 194 g/mol. The van der Waals surface area contributed by atoms with Gasteiger partial charge in [-0.25, -0.2) is 0 Å². The summed E-state index contributed by atoms with van der Waals surface area (Å²) in [6, 6.07) is 0. The van der Waals surface area contributed by atoms with Crippen LogP contribution in [-0.2, 0) is 11.2 Å². The van der Waals surface area contributed by atoms with Gasteiger partial charge in [-0.05, 0) is 29.9 Å². The molecule has 2 rings (SSSR count). The van der Waals surface area contributed by atoms with E-state index in [0.717, 1.165) is 18.4 Å². The Morgan fingerprint density at radius 2 is 2.43 bits per heavy atom. The van der Waals surface area contributed by atoms with Gasteiger partial charge >= 0.3 is 5.97 Å². The topological polar surface area (TPSA) is 50.4 Å². The summed E-state index contributed by atoms with van der Waals surface area (Å²) in [6.07, 6.45) is 5.75. The molecule has 0 radical (unpaired) electrons. The quantitative estimate of drug-likeness (QED) is 0.786. The highest BCUT2D eigenvalue weighted by atomic mass is 16.4. The van der Waals surface area contributed by atoms with Gasteiger partial charge in [0, 0.05) is 5.92 Å². The molecule has 1 aromatic rings. The van der Waals surface area contributed by atoms with Crippen molar-refractivity contribution < 1.29 is 14.3 Å². The average molecular weight is 194 g/mol. The zero-order chi connectivity index (χ0) is 10.1. The first kappa shape index (κ1) is 9.31. The van der Waals surface area contributed by atoms with Crippen molar-refractivity contribution in [3.8, 4) is 0 Å². The molecule has 2 unspecified atom stereocenters. The summed E-state index contributed by atoms with van der Waals surface area (Å²) in [5.41, 5.74) is 2.29. The van der Waals surface area contributed by atoms with Crippen LogP contribution in [-0.4, -0.2) is 11.1 Å².